The van der Waals surface area contributed by atoms with Crippen molar-refractivity contribution in [3.63, 3.8) is 0 Å². The molecule has 21 heavy (non-hydrogen) atoms. The van der Waals surface area contributed by atoms with E-state index in [1.54, 1.807) is 0 Å². The molecule has 4 atom stereocenters. The lowest BCUT2D eigenvalue weighted by Crippen LogP contribution is -2.25. The van der Waals surface area contributed by atoms with Gasteiger partial charge in [0, 0.05) is 11.0 Å². The summed E-state index contributed by atoms with van der Waals surface area (Å²) in [6.45, 7) is 2.11. The Morgan fingerprint density at radius 2 is 1.57 bits per heavy atom. The minimum absolute atomic E-state index is 0.0997. The van der Waals surface area contributed by atoms with E-state index in [-0.39, 0.29) is 14.6 Å². The van der Waals surface area contributed by atoms with E-state index in [0.717, 1.165) is 11.7 Å². The molecule has 0 saturated carbocycles. The molecule has 0 bridgehead atoms. The van der Waals surface area contributed by atoms with Crippen LogP contribution in [0.4, 0.5) is 0 Å². The summed E-state index contributed by atoms with van der Waals surface area (Å²) in [5.74, 6) is 0. The van der Waals surface area contributed by atoms with Gasteiger partial charge in [-0.15, -0.1) is 0 Å². The van der Waals surface area contributed by atoms with E-state index in [4.69, 9.17) is 0 Å². The van der Waals surface area contributed by atoms with Crippen LogP contribution in [0.2, 0.25) is 0 Å². The standard InChI is InChI=1S/C17H17Br2OP/c1-13-12-17(19,14-8-4-2-5-9-14)16(18)21(13,20)15-10-6-3-7-11-15/h2-11,13,16H,12H2,1H3. The van der Waals surface area contributed by atoms with E-state index in [1.807, 2.05) is 48.5 Å². The van der Waals surface area contributed by atoms with Crippen LogP contribution in [0.5, 0.6) is 0 Å². The van der Waals surface area contributed by atoms with Crippen LogP contribution in [-0.2, 0) is 8.89 Å². The highest BCUT2D eigenvalue weighted by Gasteiger charge is 2.57. The summed E-state index contributed by atoms with van der Waals surface area (Å²) in [5, 5.41) is 0.969. The topological polar surface area (TPSA) is 17.1 Å². The van der Waals surface area contributed by atoms with Crippen LogP contribution >= 0.6 is 39.0 Å². The molecule has 2 aromatic carbocycles. The molecule has 2 aromatic rings. The van der Waals surface area contributed by atoms with Gasteiger partial charge in [0.1, 0.15) is 7.14 Å². The fraction of sp³-hybridized carbons (Fsp3) is 0.294. The Balaban J connectivity index is 2.10. The molecule has 1 saturated heterocycles. The SMILES string of the molecule is CC1CC(Br)(c2ccccc2)C(Br)P1(=O)c1ccccc1. The number of alkyl halides is 2. The van der Waals surface area contributed by atoms with Crippen LogP contribution in [-0.4, -0.2) is 10.2 Å². The molecule has 0 aromatic heterocycles. The third kappa shape index (κ3) is 2.38. The van der Waals surface area contributed by atoms with Gasteiger partial charge in [0.2, 0.25) is 0 Å². The zero-order chi connectivity index (χ0) is 15.1. The summed E-state index contributed by atoms with van der Waals surface area (Å²) < 4.78 is 13.4. The van der Waals surface area contributed by atoms with E-state index in [0.29, 0.717) is 0 Å². The van der Waals surface area contributed by atoms with E-state index >= 15 is 0 Å². The van der Waals surface area contributed by atoms with E-state index in [2.05, 4.69) is 50.9 Å². The van der Waals surface area contributed by atoms with Crippen LogP contribution < -0.4 is 5.30 Å². The molecule has 0 N–H and O–H groups in total. The highest BCUT2D eigenvalue weighted by Crippen LogP contribution is 2.72. The molecule has 1 aliphatic rings. The van der Waals surface area contributed by atoms with Crippen molar-refractivity contribution in [3.8, 4) is 0 Å². The van der Waals surface area contributed by atoms with E-state index < -0.39 is 7.14 Å². The van der Waals surface area contributed by atoms with Gasteiger partial charge >= 0.3 is 0 Å². The van der Waals surface area contributed by atoms with Crippen molar-refractivity contribution in [1.29, 1.82) is 0 Å². The van der Waals surface area contributed by atoms with Crippen molar-refractivity contribution in [3.05, 3.63) is 66.2 Å². The number of halogens is 2. The molecular weight excluding hydrogens is 411 g/mol. The highest BCUT2D eigenvalue weighted by atomic mass is 79.9. The average Bonchev–Trinajstić information content (AvgIpc) is 2.71. The first-order valence-corrected chi connectivity index (χ1v) is 10.6. The van der Waals surface area contributed by atoms with Gasteiger partial charge in [-0.1, -0.05) is 99.4 Å². The fourth-order valence-electron chi connectivity index (χ4n) is 3.21. The maximum absolute atomic E-state index is 13.8. The predicted octanol–water partition coefficient (Wildman–Crippen LogP) is 5.48. The molecule has 4 heteroatoms. The van der Waals surface area contributed by atoms with Crippen LogP contribution in [0, 0.1) is 0 Å². The lowest BCUT2D eigenvalue weighted by molar-refractivity contribution is 0.578. The molecule has 1 heterocycles. The molecule has 4 unspecified atom stereocenters. The van der Waals surface area contributed by atoms with Crippen LogP contribution in [0.3, 0.4) is 0 Å². The molecule has 1 fully saturated rings. The van der Waals surface area contributed by atoms with Gasteiger partial charge in [-0.2, -0.15) is 0 Å². The minimum Gasteiger partial charge on any atom is -0.317 e. The third-order valence-electron chi connectivity index (χ3n) is 4.38. The second kappa shape index (κ2) is 5.68. The van der Waals surface area contributed by atoms with Gasteiger partial charge in [-0.05, 0) is 12.0 Å². The number of benzene rings is 2. The predicted molar refractivity (Wildman–Crippen MR) is 97.5 cm³/mol. The second-order valence-electron chi connectivity index (χ2n) is 5.66. The van der Waals surface area contributed by atoms with Gasteiger partial charge in [0.25, 0.3) is 0 Å². The molecule has 3 rings (SSSR count). The Bertz CT molecular complexity index is 674. The zero-order valence-corrected chi connectivity index (χ0v) is 15.8. The van der Waals surface area contributed by atoms with Crippen molar-refractivity contribution in [1.82, 2.24) is 0 Å². The maximum Gasteiger partial charge on any atom is 0.133 e. The first-order chi connectivity index (χ1) is 9.99. The van der Waals surface area contributed by atoms with Crippen molar-refractivity contribution in [2.45, 2.75) is 27.9 Å². The second-order valence-corrected chi connectivity index (χ2v) is 12.0. The summed E-state index contributed by atoms with van der Waals surface area (Å²) in [6.07, 6.45) is 0.860. The highest BCUT2D eigenvalue weighted by molar-refractivity contribution is 9.13. The number of hydrogen-bond donors (Lipinski definition) is 0. The molecule has 1 nitrogen and oxygen atoms in total. The fourth-order valence-corrected chi connectivity index (χ4v) is 10.8. The Labute approximate surface area is 142 Å². The Kier molecular flexibility index (Phi) is 4.20. The molecule has 0 aliphatic carbocycles. The number of rotatable bonds is 2. The Hall–Kier alpha value is -0.370. The monoisotopic (exact) mass is 426 g/mol. The van der Waals surface area contributed by atoms with Crippen LogP contribution in [0.1, 0.15) is 18.9 Å². The summed E-state index contributed by atoms with van der Waals surface area (Å²) >= 11 is 7.70. The average molecular weight is 428 g/mol. The summed E-state index contributed by atoms with van der Waals surface area (Å²) in [4.78, 5) is 0. The van der Waals surface area contributed by atoms with Crippen molar-refractivity contribution >= 4 is 44.3 Å². The molecular formula is C17H17Br2OP. The summed E-state index contributed by atoms with van der Waals surface area (Å²) in [6, 6.07) is 20.2. The number of hydrogen-bond acceptors (Lipinski definition) is 1. The third-order valence-corrected chi connectivity index (χ3v) is 12.9. The van der Waals surface area contributed by atoms with Crippen LogP contribution in [0.15, 0.2) is 60.7 Å². The smallest absolute Gasteiger partial charge is 0.133 e. The van der Waals surface area contributed by atoms with E-state index in [1.165, 1.54) is 5.56 Å². The molecule has 0 spiro atoms. The van der Waals surface area contributed by atoms with Crippen molar-refractivity contribution < 1.29 is 4.57 Å². The lowest BCUT2D eigenvalue weighted by atomic mass is 9.96. The van der Waals surface area contributed by atoms with Gasteiger partial charge in [-0.3, -0.25) is 0 Å². The Morgan fingerprint density at radius 3 is 2.14 bits per heavy atom. The van der Waals surface area contributed by atoms with Gasteiger partial charge < -0.3 is 4.57 Å². The Morgan fingerprint density at radius 1 is 1.05 bits per heavy atom. The van der Waals surface area contributed by atoms with Crippen LogP contribution in [0.25, 0.3) is 0 Å². The first-order valence-electron chi connectivity index (χ1n) is 7.03. The van der Waals surface area contributed by atoms with Crippen molar-refractivity contribution in [2.24, 2.45) is 0 Å². The minimum atomic E-state index is -2.52. The molecule has 1 aliphatic heterocycles. The van der Waals surface area contributed by atoms with Crippen molar-refractivity contribution in [2.75, 3.05) is 0 Å². The maximum atomic E-state index is 13.8. The largest absolute Gasteiger partial charge is 0.317 e. The van der Waals surface area contributed by atoms with Gasteiger partial charge in [0.15, 0.2) is 0 Å². The molecule has 0 radical (unpaired) electrons. The quantitative estimate of drug-likeness (QED) is 0.458. The van der Waals surface area contributed by atoms with E-state index in [9.17, 15) is 4.57 Å². The first kappa shape index (κ1) is 15.5. The summed E-state index contributed by atoms with van der Waals surface area (Å²) in [7, 11) is -2.52. The zero-order valence-electron chi connectivity index (χ0n) is 11.7. The lowest BCUT2D eigenvalue weighted by Gasteiger charge is -2.28. The molecule has 110 valence electrons. The van der Waals surface area contributed by atoms with Gasteiger partial charge in [-0.25, -0.2) is 0 Å². The van der Waals surface area contributed by atoms with Gasteiger partial charge in [0.05, 0.1) is 8.89 Å². The molecule has 0 amide bonds. The summed E-state index contributed by atoms with van der Waals surface area (Å²) in [5.41, 5.74) is 1.33. The normalized spacial score (nSPS) is 35.8.